The molecule has 0 atom stereocenters. The number of methoxy groups -OCH3 is 1. The van der Waals surface area contributed by atoms with Gasteiger partial charge in [0.2, 0.25) is 5.91 Å². The van der Waals surface area contributed by atoms with Crippen molar-refractivity contribution in [1.29, 1.82) is 0 Å². The van der Waals surface area contributed by atoms with Crippen molar-refractivity contribution in [2.75, 3.05) is 63.8 Å². The van der Waals surface area contributed by atoms with Gasteiger partial charge in [0, 0.05) is 31.5 Å². The summed E-state index contributed by atoms with van der Waals surface area (Å²) < 4.78 is 15.9. The highest BCUT2D eigenvalue weighted by molar-refractivity contribution is 5.94. The van der Waals surface area contributed by atoms with Crippen LogP contribution >= 0.6 is 0 Å². The first-order chi connectivity index (χ1) is 14.5. The molecule has 8 heteroatoms. The minimum absolute atomic E-state index is 0.0595. The van der Waals surface area contributed by atoms with Gasteiger partial charge in [-0.15, -0.1) is 0 Å². The van der Waals surface area contributed by atoms with E-state index in [0.717, 1.165) is 32.0 Å². The number of ether oxygens (including phenoxy) is 3. The summed E-state index contributed by atoms with van der Waals surface area (Å²) in [6.45, 7) is 2.96. The summed E-state index contributed by atoms with van der Waals surface area (Å²) in [4.78, 5) is 28.1. The van der Waals surface area contributed by atoms with Gasteiger partial charge in [0.25, 0.3) is 5.91 Å². The van der Waals surface area contributed by atoms with Gasteiger partial charge in [-0.1, -0.05) is 0 Å². The molecule has 0 spiro atoms. The van der Waals surface area contributed by atoms with Gasteiger partial charge in [0.1, 0.15) is 11.5 Å². The molecule has 1 fully saturated rings. The number of carbonyl (C=O) groups excluding carboxylic acids is 2. The van der Waals surface area contributed by atoms with Gasteiger partial charge in [0.05, 0.1) is 26.9 Å². The molecule has 0 bridgehead atoms. The van der Waals surface area contributed by atoms with E-state index in [0.29, 0.717) is 17.2 Å². The molecular weight excluding hydrogens is 386 g/mol. The number of hydrogen-bond acceptors (Lipinski definition) is 6. The molecule has 1 saturated heterocycles. The Kier molecular flexibility index (Phi) is 7.51. The fraction of sp³-hybridized carbons (Fsp3) is 0.364. The summed E-state index contributed by atoms with van der Waals surface area (Å²) in [6, 6.07) is 14.6. The van der Waals surface area contributed by atoms with Crippen LogP contribution in [0, 0.1) is 0 Å². The zero-order valence-corrected chi connectivity index (χ0v) is 17.3. The predicted octanol–water partition coefficient (Wildman–Crippen LogP) is 2.01. The third-order valence-electron chi connectivity index (χ3n) is 4.76. The maximum Gasteiger partial charge on any atom is 0.260 e. The molecule has 1 N–H and O–H groups in total. The average Bonchev–Trinajstić information content (AvgIpc) is 2.78. The molecule has 1 aliphatic rings. The zero-order chi connectivity index (χ0) is 21.3. The summed E-state index contributed by atoms with van der Waals surface area (Å²) in [5.74, 6) is 0.709. The van der Waals surface area contributed by atoms with E-state index >= 15 is 0 Å². The fourth-order valence-electron chi connectivity index (χ4n) is 3.01. The maximum atomic E-state index is 12.3. The number of benzene rings is 2. The number of anilines is 2. The molecule has 0 aromatic heterocycles. The van der Waals surface area contributed by atoms with Gasteiger partial charge in [-0.05, 0) is 48.5 Å². The first-order valence-corrected chi connectivity index (χ1v) is 9.78. The molecule has 1 heterocycles. The highest BCUT2D eigenvalue weighted by Gasteiger charge is 2.15. The lowest BCUT2D eigenvalue weighted by Gasteiger charge is -2.28. The van der Waals surface area contributed by atoms with E-state index in [-0.39, 0.29) is 25.0 Å². The summed E-state index contributed by atoms with van der Waals surface area (Å²) in [5.41, 5.74) is 1.78. The number of nitrogens with zero attached hydrogens (tertiary/aromatic N) is 2. The molecule has 8 nitrogen and oxygen atoms in total. The third kappa shape index (κ3) is 6.12. The summed E-state index contributed by atoms with van der Waals surface area (Å²) in [7, 11) is 3.15. The van der Waals surface area contributed by atoms with Gasteiger partial charge < -0.3 is 29.3 Å². The van der Waals surface area contributed by atoms with Crippen molar-refractivity contribution in [3.05, 3.63) is 48.5 Å². The monoisotopic (exact) mass is 413 g/mol. The second-order valence-corrected chi connectivity index (χ2v) is 6.91. The van der Waals surface area contributed by atoms with Gasteiger partial charge in [-0.25, -0.2) is 0 Å². The Morgan fingerprint density at radius 2 is 1.67 bits per heavy atom. The number of nitrogens with one attached hydrogen (secondary N) is 1. The van der Waals surface area contributed by atoms with Gasteiger partial charge >= 0.3 is 0 Å². The first kappa shape index (κ1) is 21.4. The Hall–Kier alpha value is -3.26. The highest BCUT2D eigenvalue weighted by Crippen LogP contribution is 2.19. The van der Waals surface area contributed by atoms with E-state index in [1.165, 1.54) is 4.90 Å². The molecular formula is C22H27N3O5. The van der Waals surface area contributed by atoms with E-state index in [4.69, 9.17) is 14.2 Å². The third-order valence-corrected chi connectivity index (χ3v) is 4.76. The van der Waals surface area contributed by atoms with Crippen LogP contribution in [0.5, 0.6) is 11.5 Å². The molecule has 0 radical (unpaired) electrons. The smallest absolute Gasteiger partial charge is 0.260 e. The number of hydrogen-bond donors (Lipinski definition) is 1. The van der Waals surface area contributed by atoms with Crippen molar-refractivity contribution in [1.82, 2.24) is 4.90 Å². The van der Waals surface area contributed by atoms with Crippen molar-refractivity contribution >= 4 is 23.2 Å². The van der Waals surface area contributed by atoms with Crippen LogP contribution in [0.2, 0.25) is 0 Å². The predicted molar refractivity (Wildman–Crippen MR) is 114 cm³/mol. The zero-order valence-electron chi connectivity index (χ0n) is 17.3. The molecule has 0 aliphatic carbocycles. The Bertz CT molecular complexity index is 833. The van der Waals surface area contributed by atoms with Crippen molar-refractivity contribution in [2.24, 2.45) is 0 Å². The van der Waals surface area contributed by atoms with Crippen LogP contribution in [0.1, 0.15) is 0 Å². The summed E-state index contributed by atoms with van der Waals surface area (Å²) in [5, 5.41) is 2.81. The average molecular weight is 413 g/mol. The van der Waals surface area contributed by atoms with Gasteiger partial charge in [0.15, 0.2) is 6.61 Å². The van der Waals surface area contributed by atoms with E-state index in [1.54, 1.807) is 38.4 Å². The number of likely N-dealkylation sites (N-methyl/N-ethyl adjacent to an activating group) is 1. The van der Waals surface area contributed by atoms with Crippen molar-refractivity contribution < 1.29 is 23.8 Å². The largest absolute Gasteiger partial charge is 0.497 e. The molecule has 2 amide bonds. The Morgan fingerprint density at radius 1 is 1.03 bits per heavy atom. The molecule has 0 saturated carbocycles. The quantitative estimate of drug-likeness (QED) is 0.713. The van der Waals surface area contributed by atoms with Crippen LogP contribution in [0.15, 0.2) is 48.5 Å². The first-order valence-electron chi connectivity index (χ1n) is 9.78. The molecule has 2 aromatic carbocycles. The second kappa shape index (κ2) is 10.5. The number of rotatable bonds is 8. The van der Waals surface area contributed by atoms with E-state index < -0.39 is 0 Å². The van der Waals surface area contributed by atoms with Crippen molar-refractivity contribution in [3.63, 3.8) is 0 Å². The van der Waals surface area contributed by atoms with E-state index in [1.807, 2.05) is 24.3 Å². The van der Waals surface area contributed by atoms with Gasteiger partial charge in [-0.3, -0.25) is 9.59 Å². The second-order valence-electron chi connectivity index (χ2n) is 6.91. The van der Waals surface area contributed by atoms with Crippen molar-refractivity contribution in [3.8, 4) is 11.5 Å². The Morgan fingerprint density at radius 3 is 2.30 bits per heavy atom. The lowest BCUT2D eigenvalue weighted by Crippen LogP contribution is -2.37. The fourth-order valence-corrected chi connectivity index (χ4v) is 3.01. The minimum atomic E-state index is -0.288. The van der Waals surface area contributed by atoms with Crippen LogP contribution in [-0.4, -0.2) is 70.3 Å². The molecule has 160 valence electrons. The van der Waals surface area contributed by atoms with Crippen LogP contribution in [0.25, 0.3) is 0 Å². The van der Waals surface area contributed by atoms with Crippen LogP contribution in [0.3, 0.4) is 0 Å². The number of amides is 2. The summed E-state index contributed by atoms with van der Waals surface area (Å²) >= 11 is 0. The van der Waals surface area contributed by atoms with Crippen LogP contribution < -0.4 is 19.7 Å². The molecule has 2 aromatic rings. The molecule has 30 heavy (non-hydrogen) atoms. The summed E-state index contributed by atoms with van der Waals surface area (Å²) in [6.07, 6.45) is 0. The molecule has 0 unspecified atom stereocenters. The Labute approximate surface area is 176 Å². The topological polar surface area (TPSA) is 80.3 Å². The van der Waals surface area contributed by atoms with Crippen molar-refractivity contribution in [2.45, 2.75) is 0 Å². The SMILES string of the molecule is COc1ccc(OCC(=O)N(C)CC(=O)Nc2ccc(N3CCOCC3)cc2)cc1. The minimum Gasteiger partial charge on any atom is -0.497 e. The Balaban J connectivity index is 1.43. The highest BCUT2D eigenvalue weighted by atomic mass is 16.5. The van der Waals surface area contributed by atoms with E-state index in [9.17, 15) is 9.59 Å². The maximum absolute atomic E-state index is 12.3. The molecule has 3 rings (SSSR count). The normalized spacial score (nSPS) is 13.5. The number of carbonyl (C=O) groups is 2. The number of morpholine rings is 1. The van der Waals surface area contributed by atoms with E-state index in [2.05, 4.69) is 10.2 Å². The lowest BCUT2D eigenvalue weighted by molar-refractivity contribution is -0.135. The van der Waals surface area contributed by atoms with Crippen LogP contribution in [-0.2, 0) is 14.3 Å². The lowest BCUT2D eigenvalue weighted by atomic mass is 10.2. The van der Waals surface area contributed by atoms with Gasteiger partial charge in [-0.2, -0.15) is 0 Å². The molecule has 1 aliphatic heterocycles. The van der Waals surface area contributed by atoms with Crippen LogP contribution in [0.4, 0.5) is 11.4 Å². The standard InChI is InChI=1S/C22H27N3O5/c1-24(22(27)16-30-20-9-7-19(28-2)8-10-20)15-21(26)23-17-3-5-18(6-4-17)25-11-13-29-14-12-25/h3-10H,11-16H2,1-2H3,(H,23,26).